The standard InChI is InChI=1S/C11H17NO2/c1-8-3-9(2)5-11(4-8)14-7-10(13)6-12/h3-5,10,13H,6-7,12H2,1-2H3/i6D2,7D2,10D. The van der Waals surface area contributed by atoms with Crippen LogP contribution in [0, 0.1) is 13.8 Å². The van der Waals surface area contributed by atoms with Crippen molar-refractivity contribution in [3.05, 3.63) is 29.3 Å². The number of hydrogen-bond donors (Lipinski definition) is 2. The van der Waals surface area contributed by atoms with E-state index in [0.29, 0.717) is 0 Å². The lowest BCUT2D eigenvalue weighted by molar-refractivity contribution is 0.114. The van der Waals surface area contributed by atoms with Crippen molar-refractivity contribution in [2.45, 2.75) is 19.9 Å². The molecular formula is C11H17NO2. The van der Waals surface area contributed by atoms with Gasteiger partial charge in [-0.25, -0.2) is 0 Å². The summed E-state index contributed by atoms with van der Waals surface area (Å²) in [6, 6.07) is 4.89. The molecule has 3 N–H and O–H groups in total. The van der Waals surface area contributed by atoms with Gasteiger partial charge in [0.2, 0.25) is 0 Å². The molecule has 1 atom stereocenters. The molecule has 1 unspecified atom stereocenters. The minimum Gasteiger partial charge on any atom is -0.491 e. The van der Waals surface area contributed by atoms with Crippen LogP contribution in [-0.2, 0) is 0 Å². The predicted octanol–water partition coefficient (Wildman–Crippen LogP) is 1.00. The molecule has 3 nitrogen and oxygen atoms in total. The highest BCUT2D eigenvalue weighted by atomic mass is 16.5. The fraction of sp³-hybridized carbons (Fsp3) is 0.455. The molecule has 78 valence electrons. The van der Waals surface area contributed by atoms with Gasteiger partial charge >= 0.3 is 0 Å². The SMILES string of the molecule is [2H]C([2H])(N)C([2H])(O)C([2H])([2H])Oc1cc(C)cc(C)c1. The van der Waals surface area contributed by atoms with Gasteiger partial charge in [-0.3, -0.25) is 0 Å². The third-order valence-electron chi connectivity index (χ3n) is 1.60. The van der Waals surface area contributed by atoms with Crippen LogP contribution in [0.25, 0.3) is 0 Å². The highest BCUT2D eigenvalue weighted by molar-refractivity contribution is 5.32. The van der Waals surface area contributed by atoms with Crippen molar-refractivity contribution in [3.8, 4) is 5.75 Å². The minimum absolute atomic E-state index is 0.0948. The fourth-order valence-corrected chi connectivity index (χ4v) is 1.13. The molecule has 0 amide bonds. The van der Waals surface area contributed by atoms with Crippen LogP contribution in [0.15, 0.2) is 18.2 Å². The number of hydrogen-bond acceptors (Lipinski definition) is 3. The summed E-state index contributed by atoms with van der Waals surface area (Å²) in [7, 11) is 0. The van der Waals surface area contributed by atoms with Gasteiger partial charge in [0.05, 0.1) is 4.11 Å². The molecule has 0 aliphatic carbocycles. The smallest absolute Gasteiger partial charge is 0.119 e. The molecule has 0 saturated carbocycles. The quantitative estimate of drug-likeness (QED) is 0.762. The van der Waals surface area contributed by atoms with E-state index in [4.69, 9.17) is 17.3 Å². The molecule has 0 heterocycles. The number of ether oxygens (including phenoxy) is 1. The van der Waals surface area contributed by atoms with Gasteiger partial charge in [0.1, 0.15) is 18.4 Å². The summed E-state index contributed by atoms with van der Waals surface area (Å²) in [5.74, 6) is 0.0948. The van der Waals surface area contributed by atoms with Crippen molar-refractivity contribution in [1.82, 2.24) is 0 Å². The molecule has 0 fully saturated rings. The molecule has 0 saturated heterocycles. The van der Waals surface area contributed by atoms with E-state index in [9.17, 15) is 5.11 Å². The zero-order valence-corrected chi connectivity index (χ0v) is 8.16. The number of aryl methyl sites for hydroxylation is 2. The van der Waals surface area contributed by atoms with E-state index in [1.807, 2.05) is 6.07 Å². The molecule has 0 aliphatic rings. The number of rotatable bonds is 4. The molecule has 1 aromatic carbocycles. The second-order valence-corrected chi connectivity index (χ2v) is 3.02. The molecule has 1 rings (SSSR count). The fourth-order valence-electron chi connectivity index (χ4n) is 1.13. The monoisotopic (exact) mass is 200 g/mol. The Balaban J connectivity index is 3.09. The van der Waals surface area contributed by atoms with E-state index in [0.717, 1.165) is 11.1 Å². The first-order chi connectivity index (χ1) is 8.37. The second-order valence-electron chi connectivity index (χ2n) is 3.02. The van der Waals surface area contributed by atoms with Crippen molar-refractivity contribution in [2.24, 2.45) is 5.73 Å². The van der Waals surface area contributed by atoms with Gasteiger partial charge in [-0.1, -0.05) is 6.07 Å². The molecule has 0 aromatic heterocycles. The molecule has 0 bridgehead atoms. The van der Waals surface area contributed by atoms with Crippen LogP contribution < -0.4 is 10.5 Å². The lowest BCUT2D eigenvalue weighted by Crippen LogP contribution is -2.26. The van der Waals surface area contributed by atoms with Crippen molar-refractivity contribution >= 4 is 0 Å². The normalized spacial score (nSPS) is 22.1. The van der Waals surface area contributed by atoms with Crippen LogP contribution in [0.4, 0.5) is 0 Å². The van der Waals surface area contributed by atoms with Gasteiger partial charge in [-0.15, -0.1) is 0 Å². The van der Waals surface area contributed by atoms with Crippen LogP contribution in [0.3, 0.4) is 0 Å². The Kier molecular flexibility index (Phi) is 2.04. The van der Waals surface area contributed by atoms with Crippen LogP contribution >= 0.6 is 0 Å². The Morgan fingerprint density at radius 3 is 2.57 bits per heavy atom. The molecule has 1 aromatic rings. The van der Waals surface area contributed by atoms with E-state index >= 15 is 0 Å². The zero-order chi connectivity index (χ0) is 15.1. The van der Waals surface area contributed by atoms with Gasteiger partial charge in [0.15, 0.2) is 0 Å². The predicted molar refractivity (Wildman–Crippen MR) is 56.5 cm³/mol. The topological polar surface area (TPSA) is 55.5 Å². The van der Waals surface area contributed by atoms with Gasteiger partial charge in [0.25, 0.3) is 0 Å². The Bertz CT molecular complexity index is 450. The zero-order valence-electron chi connectivity index (χ0n) is 13.2. The summed E-state index contributed by atoms with van der Waals surface area (Å²) in [5, 5.41) is 9.65. The Morgan fingerprint density at radius 1 is 1.50 bits per heavy atom. The van der Waals surface area contributed by atoms with Crippen molar-refractivity contribution < 1.29 is 16.7 Å². The van der Waals surface area contributed by atoms with Crippen molar-refractivity contribution in [2.75, 3.05) is 13.1 Å². The molecule has 14 heavy (non-hydrogen) atoms. The average Bonchev–Trinajstić information content (AvgIpc) is 2.12. The number of benzene rings is 1. The summed E-state index contributed by atoms with van der Waals surface area (Å²) in [6.07, 6.45) is -3.25. The van der Waals surface area contributed by atoms with Gasteiger partial charge < -0.3 is 15.6 Å². The molecular weight excluding hydrogens is 178 g/mol. The van der Waals surface area contributed by atoms with Crippen LogP contribution in [0.2, 0.25) is 0 Å². The van der Waals surface area contributed by atoms with Crippen LogP contribution in [0.1, 0.15) is 18.0 Å². The summed E-state index contributed by atoms with van der Waals surface area (Å²) in [5.41, 5.74) is 6.62. The lowest BCUT2D eigenvalue weighted by Gasteiger charge is -2.11. The first kappa shape index (κ1) is 5.73. The highest BCUT2D eigenvalue weighted by Crippen LogP contribution is 2.16. The molecule has 0 radical (unpaired) electrons. The van der Waals surface area contributed by atoms with Crippen LogP contribution in [-0.4, -0.2) is 24.2 Å². The van der Waals surface area contributed by atoms with Crippen molar-refractivity contribution in [3.63, 3.8) is 0 Å². The summed E-state index contributed by atoms with van der Waals surface area (Å²) in [4.78, 5) is 0. The third-order valence-corrected chi connectivity index (χ3v) is 1.60. The largest absolute Gasteiger partial charge is 0.491 e. The van der Waals surface area contributed by atoms with Crippen molar-refractivity contribution in [1.29, 1.82) is 0 Å². The molecule has 0 spiro atoms. The summed E-state index contributed by atoms with van der Waals surface area (Å²) >= 11 is 0. The van der Waals surface area contributed by atoms with Crippen LogP contribution in [0.5, 0.6) is 5.75 Å². The number of nitrogens with two attached hydrogens (primary N) is 1. The van der Waals surface area contributed by atoms with E-state index < -0.39 is 19.1 Å². The third kappa shape index (κ3) is 3.36. The Morgan fingerprint density at radius 2 is 2.07 bits per heavy atom. The Labute approximate surface area is 91.5 Å². The first-order valence-electron chi connectivity index (χ1n) is 6.65. The maximum atomic E-state index is 9.65. The second kappa shape index (κ2) is 4.98. The highest BCUT2D eigenvalue weighted by Gasteiger charge is 2.02. The van der Waals surface area contributed by atoms with E-state index in [2.05, 4.69) is 0 Å². The molecule has 0 aliphatic heterocycles. The van der Waals surface area contributed by atoms with E-state index in [1.54, 1.807) is 13.8 Å². The summed E-state index contributed by atoms with van der Waals surface area (Å²) in [6.45, 7) is -2.42. The van der Waals surface area contributed by atoms with Gasteiger partial charge in [-0.2, -0.15) is 0 Å². The summed E-state index contributed by atoms with van der Waals surface area (Å²) < 4.78 is 41.7. The Hall–Kier alpha value is -1.06. The average molecular weight is 200 g/mol. The van der Waals surface area contributed by atoms with Gasteiger partial charge in [0, 0.05) is 9.24 Å². The van der Waals surface area contributed by atoms with E-state index in [1.165, 1.54) is 12.1 Å². The minimum atomic E-state index is -3.25. The number of aliphatic hydroxyl groups is 1. The lowest BCUT2D eigenvalue weighted by atomic mass is 10.1. The van der Waals surface area contributed by atoms with E-state index in [-0.39, 0.29) is 5.75 Å². The molecule has 3 heteroatoms. The first-order valence-corrected chi connectivity index (χ1v) is 4.15. The maximum absolute atomic E-state index is 9.65. The maximum Gasteiger partial charge on any atom is 0.119 e. The van der Waals surface area contributed by atoms with Gasteiger partial charge in [-0.05, 0) is 37.1 Å².